The van der Waals surface area contributed by atoms with Gasteiger partial charge in [-0.15, -0.1) is 0 Å². The van der Waals surface area contributed by atoms with Crippen LogP contribution in [0.1, 0.15) is 16.3 Å². The highest BCUT2D eigenvalue weighted by molar-refractivity contribution is 6.32. The van der Waals surface area contributed by atoms with Gasteiger partial charge in [0.25, 0.3) is 5.91 Å². The van der Waals surface area contributed by atoms with Crippen LogP contribution in [0, 0.1) is 12.7 Å². The van der Waals surface area contributed by atoms with E-state index < -0.39 is 5.91 Å². The lowest BCUT2D eigenvalue weighted by Gasteiger charge is -2.10. The second-order valence-electron chi connectivity index (χ2n) is 5.62. The van der Waals surface area contributed by atoms with Gasteiger partial charge in [-0.25, -0.2) is 14.4 Å². The second-order valence-corrected chi connectivity index (χ2v) is 6.03. The molecule has 0 saturated carbocycles. The summed E-state index contributed by atoms with van der Waals surface area (Å²) in [6.07, 6.45) is 0. The monoisotopic (exact) mass is 386 g/mol. The van der Waals surface area contributed by atoms with Crippen LogP contribution in [-0.2, 0) is 0 Å². The van der Waals surface area contributed by atoms with E-state index in [4.69, 9.17) is 16.3 Å². The first-order valence-electron chi connectivity index (χ1n) is 7.98. The third-order valence-corrected chi connectivity index (χ3v) is 3.87. The summed E-state index contributed by atoms with van der Waals surface area (Å²) in [4.78, 5) is 20.9. The summed E-state index contributed by atoms with van der Waals surface area (Å²) in [7, 11) is 1.51. The SMILES string of the molecule is COc1ccc(NC(=O)c2cc(Nc3cccc(F)c3)nc(C)n2)cc1Cl. The Morgan fingerprint density at radius 2 is 1.93 bits per heavy atom. The molecule has 0 saturated heterocycles. The topological polar surface area (TPSA) is 76.1 Å². The first-order valence-corrected chi connectivity index (χ1v) is 8.35. The number of carbonyl (C=O) groups excluding carboxylic acids is 1. The zero-order chi connectivity index (χ0) is 19.4. The summed E-state index contributed by atoms with van der Waals surface area (Å²) >= 11 is 6.07. The lowest BCUT2D eigenvalue weighted by atomic mass is 10.2. The maximum Gasteiger partial charge on any atom is 0.274 e. The highest BCUT2D eigenvalue weighted by atomic mass is 35.5. The number of halogens is 2. The van der Waals surface area contributed by atoms with E-state index in [1.807, 2.05) is 0 Å². The first kappa shape index (κ1) is 18.6. The van der Waals surface area contributed by atoms with Crippen LogP contribution in [0.5, 0.6) is 5.75 Å². The highest BCUT2D eigenvalue weighted by Crippen LogP contribution is 2.27. The van der Waals surface area contributed by atoms with Crippen LogP contribution in [0.2, 0.25) is 5.02 Å². The number of carbonyl (C=O) groups is 1. The van der Waals surface area contributed by atoms with Gasteiger partial charge in [0.2, 0.25) is 0 Å². The number of methoxy groups -OCH3 is 1. The number of benzene rings is 2. The molecule has 0 aliphatic carbocycles. The van der Waals surface area contributed by atoms with E-state index in [1.54, 1.807) is 37.3 Å². The fourth-order valence-electron chi connectivity index (χ4n) is 2.40. The minimum atomic E-state index is -0.427. The quantitative estimate of drug-likeness (QED) is 0.671. The second kappa shape index (κ2) is 8.01. The Labute approximate surface area is 160 Å². The fraction of sp³-hybridized carbons (Fsp3) is 0.105. The van der Waals surface area contributed by atoms with Gasteiger partial charge >= 0.3 is 0 Å². The van der Waals surface area contributed by atoms with Crippen molar-refractivity contribution in [2.75, 3.05) is 17.7 Å². The van der Waals surface area contributed by atoms with E-state index in [-0.39, 0.29) is 11.5 Å². The van der Waals surface area contributed by atoms with Crippen molar-refractivity contribution in [2.45, 2.75) is 6.92 Å². The number of ether oxygens (including phenoxy) is 1. The van der Waals surface area contributed by atoms with Crippen molar-refractivity contribution < 1.29 is 13.9 Å². The molecule has 0 radical (unpaired) electrons. The van der Waals surface area contributed by atoms with Crippen LogP contribution in [-0.4, -0.2) is 23.0 Å². The van der Waals surface area contributed by atoms with Gasteiger partial charge < -0.3 is 15.4 Å². The fourth-order valence-corrected chi connectivity index (χ4v) is 2.66. The van der Waals surface area contributed by atoms with Crippen molar-refractivity contribution in [3.05, 3.63) is 70.9 Å². The van der Waals surface area contributed by atoms with Crippen molar-refractivity contribution in [1.29, 1.82) is 0 Å². The number of anilines is 3. The van der Waals surface area contributed by atoms with Gasteiger partial charge in [-0.3, -0.25) is 4.79 Å². The molecule has 0 spiro atoms. The lowest BCUT2D eigenvalue weighted by molar-refractivity contribution is 0.102. The molecule has 3 aromatic rings. The molecule has 138 valence electrons. The summed E-state index contributed by atoms with van der Waals surface area (Å²) in [5, 5.41) is 6.06. The van der Waals surface area contributed by atoms with Gasteiger partial charge in [0.05, 0.1) is 12.1 Å². The number of aryl methyl sites for hydroxylation is 1. The van der Waals surface area contributed by atoms with E-state index in [1.165, 1.54) is 25.3 Å². The normalized spacial score (nSPS) is 10.4. The van der Waals surface area contributed by atoms with Crippen molar-refractivity contribution in [3.8, 4) is 5.75 Å². The first-order chi connectivity index (χ1) is 12.9. The Morgan fingerprint density at radius 1 is 1.11 bits per heavy atom. The Bertz CT molecular complexity index is 997. The molecule has 6 nitrogen and oxygen atoms in total. The Hall–Kier alpha value is -3.19. The average Bonchev–Trinajstić information content (AvgIpc) is 2.61. The molecule has 0 unspecified atom stereocenters. The molecule has 1 amide bonds. The molecule has 0 fully saturated rings. The zero-order valence-electron chi connectivity index (χ0n) is 14.6. The molecule has 0 aliphatic rings. The van der Waals surface area contributed by atoms with E-state index in [2.05, 4.69) is 20.6 Å². The van der Waals surface area contributed by atoms with E-state index in [9.17, 15) is 9.18 Å². The highest BCUT2D eigenvalue weighted by Gasteiger charge is 2.12. The summed E-state index contributed by atoms with van der Waals surface area (Å²) in [6, 6.07) is 12.3. The summed E-state index contributed by atoms with van der Waals surface area (Å²) in [5.74, 6) is 0.485. The lowest BCUT2D eigenvalue weighted by Crippen LogP contribution is -2.15. The molecular formula is C19H16ClFN4O2. The Kier molecular flexibility index (Phi) is 5.52. The van der Waals surface area contributed by atoms with E-state index in [0.29, 0.717) is 33.8 Å². The molecular weight excluding hydrogens is 371 g/mol. The Balaban J connectivity index is 1.80. The molecule has 27 heavy (non-hydrogen) atoms. The summed E-state index contributed by atoms with van der Waals surface area (Å²) in [6.45, 7) is 1.66. The van der Waals surface area contributed by atoms with Crippen molar-refractivity contribution in [1.82, 2.24) is 9.97 Å². The van der Waals surface area contributed by atoms with Gasteiger partial charge in [0, 0.05) is 17.4 Å². The van der Waals surface area contributed by atoms with Gasteiger partial charge in [0.15, 0.2) is 0 Å². The molecule has 1 heterocycles. The van der Waals surface area contributed by atoms with Crippen molar-refractivity contribution >= 4 is 34.7 Å². The van der Waals surface area contributed by atoms with Crippen LogP contribution in [0.15, 0.2) is 48.5 Å². The van der Waals surface area contributed by atoms with Gasteiger partial charge in [-0.05, 0) is 43.3 Å². The third kappa shape index (κ3) is 4.71. The number of amides is 1. The van der Waals surface area contributed by atoms with E-state index >= 15 is 0 Å². The number of hydrogen-bond donors (Lipinski definition) is 2. The van der Waals surface area contributed by atoms with Gasteiger partial charge in [-0.1, -0.05) is 17.7 Å². The number of nitrogens with one attached hydrogen (secondary N) is 2. The van der Waals surface area contributed by atoms with Crippen LogP contribution in [0.3, 0.4) is 0 Å². The minimum absolute atomic E-state index is 0.161. The molecule has 1 aromatic heterocycles. The summed E-state index contributed by atoms with van der Waals surface area (Å²) in [5.41, 5.74) is 1.18. The number of nitrogens with zero attached hydrogens (tertiary/aromatic N) is 2. The van der Waals surface area contributed by atoms with Crippen molar-refractivity contribution in [2.24, 2.45) is 0 Å². The summed E-state index contributed by atoms with van der Waals surface area (Å²) < 4.78 is 18.4. The largest absolute Gasteiger partial charge is 0.495 e. The van der Waals surface area contributed by atoms with E-state index in [0.717, 1.165) is 0 Å². The number of rotatable bonds is 5. The molecule has 8 heteroatoms. The van der Waals surface area contributed by atoms with Gasteiger partial charge in [0.1, 0.15) is 28.9 Å². The number of aromatic nitrogens is 2. The number of hydrogen-bond acceptors (Lipinski definition) is 5. The van der Waals surface area contributed by atoms with Crippen LogP contribution in [0.25, 0.3) is 0 Å². The maximum absolute atomic E-state index is 13.3. The standard InChI is InChI=1S/C19H16ClFN4O2/c1-11-22-16(10-18(23-11)24-13-5-3-4-12(21)8-13)19(26)25-14-6-7-17(27-2)15(20)9-14/h3-10H,1-2H3,(H,25,26)(H,22,23,24). The van der Waals surface area contributed by atoms with Crippen LogP contribution >= 0.6 is 11.6 Å². The molecule has 0 atom stereocenters. The predicted molar refractivity (Wildman–Crippen MR) is 102 cm³/mol. The third-order valence-electron chi connectivity index (χ3n) is 3.58. The molecule has 2 aromatic carbocycles. The van der Waals surface area contributed by atoms with Crippen LogP contribution in [0.4, 0.5) is 21.6 Å². The predicted octanol–water partition coefficient (Wildman–Crippen LogP) is 4.58. The average molecular weight is 387 g/mol. The zero-order valence-corrected chi connectivity index (χ0v) is 15.3. The molecule has 0 bridgehead atoms. The van der Waals surface area contributed by atoms with Crippen LogP contribution < -0.4 is 15.4 Å². The smallest absolute Gasteiger partial charge is 0.274 e. The van der Waals surface area contributed by atoms with Gasteiger partial charge in [-0.2, -0.15) is 0 Å². The molecule has 3 rings (SSSR count). The molecule has 0 aliphatic heterocycles. The minimum Gasteiger partial charge on any atom is -0.495 e. The van der Waals surface area contributed by atoms with Crippen molar-refractivity contribution in [3.63, 3.8) is 0 Å². The Morgan fingerprint density at radius 3 is 2.63 bits per heavy atom. The molecule has 2 N–H and O–H groups in total. The maximum atomic E-state index is 13.3.